The molecule has 60 valence electrons. The fraction of sp³-hybridized carbons (Fsp3) is 0.182. The topological polar surface area (TPSA) is 0 Å². The van der Waals surface area contributed by atoms with Gasteiger partial charge in [0.15, 0.2) is 0 Å². The van der Waals surface area contributed by atoms with Gasteiger partial charge < -0.3 is 6.42 Å². The van der Waals surface area contributed by atoms with Crippen LogP contribution >= 0.6 is 0 Å². The van der Waals surface area contributed by atoms with E-state index in [2.05, 4.69) is 55.0 Å². The standard InChI is InChI=1S/C11H11.Ti/c1-2-6-10(5-1)9-11-7-3-4-8-11;/h1-11H;/q-1;. The molecule has 0 N–H and O–H groups in total. The average Bonchev–Trinajstić information content (AvgIpc) is 2.60. The molecule has 2 aliphatic carbocycles. The SMILES string of the molecule is C1=CC([CH-]C2C=CC=C2)C=C1.[Ti]. The molecule has 12 heavy (non-hydrogen) atoms. The Kier molecular flexibility index (Phi) is 3.77. The van der Waals surface area contributed by atoms with Crippen molar-refractivity contribution in [2.45, 2.75) is 0 Å². The zero-order valence-electron chi connectivity index (χ0n) is 6.85. The van der Waals surface area contributed by atoms with E-state index in [4.69, 9.17) is 0 Å². The van der Waals surface area contributed by atoms with Gasteiger partial charge in [-0.2, -0.15) is 0 Å². The van der Waals surface area contributed by atoms with Crippen molar-refractivity contribution in [3.05, 3.63) is 55.0 Å². The quantitative estimate of drug-likeness (QED) is 0.465. The van der Waals surface area contributed by atoms with E-state index in [1.165, 1.54) is 0 Å². The molecule has 0 radical (unpaired) electrons. The molecule has 1 heteroatoms. The zero-order valence-corrected chi connectivity index (χ0v) is 8.41. The number of allylic oxidation sites excluding steroid dienone is 8. The minimum atomic E-state index is 0. The summed E-state index contributed by atoms with van der Waals surface area (Å²) < 4.78 is 0. The normalized spacial score (nSPS) is 20.7. The predicted molar refractivity (Wildman–Crippen MR) is 47.8 cm³/mol. The van der Waals surface area contributed by atoms with E-state index in [-0.39, 0.29) is 21.7 Å². The summed E-state index contributed by atoms with van der Waals surface area (Å²) in [6.07, 6.45) is 19.6. The monoisotopic (exact) mass is 191 g/mol. The minimum Gasteiger partial charge on any atom is -0.308 e. The van der Waals surface area contributed by atoms with Crippen LogP contribution in [-0.2, 0) is 21.7 Å². The summed E-state index contributed by atoms with van der Waals surface area (Å²) in [4.78, 5) is 0. The van der Waals surface area contributed by atoms with Crippen LogP contribution < -0.4 is 0 Å². The van der Waals surface area contributed by atoms with Gasteiger partial charge in [-0.05, 0) is 0 Å². The van der Waals surface area contributed by atoms with E-state index in [1.807, 2.05) is 0 Å². The van der Waals surface area contributed by atoms with Crippen LogP contribution in [0.4, 0.5) is 0 Å². The molecule has 0 heterocycles. The maximum Gasteiger partial charge on any atom is 0 e. The summed E-state index contributed by atoms with van der Waals surface area (Å²) in [7, 11) is 0. The summed E-state index contributed by atoms with van der Waals surface area (Å²) in [6, 6.07) is 0. The second-order valence-electron chi connectivity index (χ2n) is 2.89. The Labute approximate surface area is 88.6 Å². The van der Waals surface area contributed by atoms with Gasteiger partial charge in [-0.3, -0.25) is 0 Å². The van der Waals surface area contributed by atoms with E-state index in [0.29, 0.717) is 11.8 Å². The van der Waals surface area contributed by atoms with Gasteiger partial charge in [-0.25, -0.2) is 0 Å². The summed E-state index contributed by atoms with van der Waals surface area (Å²) in [5, 5.41) is 0. The largest absolute Gasteiger partial charge is 0.308 e. The van der Waals surface area contributed by atoms with Crippen molar-refractivity contribution in [2.24, 2.45) is 11.8 Å². The summed E-state index contributed by atoms with van der Waals surface area (Å²) >= 11 is 0. The Bertz CT molecular complexity index is 196. The molecule has 0 saturated carbocycles. The van der Waals surface area contributed by atoms with Gasteiger partial charge in [0, 0.05) is 21.7 Å². The molecule has 2 aliphatic rings. The maximum atomic E-state index is 2.33. The van der Waals surface area contributed by atoms with E-state index >= 15 is 0 Å². The molecule has 0 nitrogen and oxygen atoms in total. The molecular formula is C11H11Ti-. The van der Waals surface area contributed by atoms with Crippen molar-refractivity contribution in [1.82, 2.24) is 0 Å². The summed E-state index contributed by atoms with van der Waals surface area (Å²) in [5.74, 6) is 1.10. The first-order valence-electron chi connectivity index (χ1n) is 4.00. The molecule has 0 amide bonds. The van der Waals surface area contributed by atoms with Crippen molar-refractivity contribution < 1.29 is 21.7 Å². The average molecular weight is 191 g/mol. The molecule has 0 bridgehead atoms. The van der Waals surface area contributed by atoms with Crippen LogP contribution in [0.5, 0.6) is 0 Å². The van der Waals surface area contributed by atoms with Crippen LogP contribution in [0.25, 0.3) is 0 Å². The third-order valence-electron chi connectivity index (χ3n) is 2.00. The van der Waals surface area contributed by atoms with Crippen LogP contribution in [-0.4, -0.2) is 0 Å². The van der Waals surface area contributed by atoms with Gasteiger partial charge >= 0.3 is 0 Å². The maximum absolute atomic E-state index is 2.33. The predicted octanol–water partition coefficient (Wildman–Crippen LogP) is 2.67. The van der Waals surface area contributed by atoms with Crippen LogP contribution in [0.3, 0.4) is 0 Å². The summed E-state index contributed by atoms with van der Waals surface area (Å²) in [5.41, 5.74) is 0. The number of rotatable bonds is 2. The Morgan fingerprint density at radius 3 is 1.33 bits per heavy atom. The molecule has 0 aliphatic heterocycles. The third-order valence-corrected chi connectivity index (χ3v) is 2.00. The van der Waals surface area contributed by atoms with E-state index in [9.17, 15) is 0 Å². The summed E-state index contributed by atoms with van der Waals surface area (Å²) in [6.45, 7) is 0. The van der Waals surface area contributed by atoms with Crippen LogP contribution in [0.15, 0.2) is 48.6 Å². The van der Waals surface area contributed by atoms with Crippen LogP contribution in [0.2, 0.25) is 0 Å². The number of hydrogen-bond donors (Lipinski definition) is 0. The molecule has 0 unspecified atom stereocenters. The molecule has 0 aromatic carbocycles. The van der Waals surface area contributed by atoms with Crippen molar-refractivity contribution in [3.8, 4) is 0 Å². The molecule has 2 rings (SSSR count). The molecule has 0 aromatic heterocycles. The molecule has 0 spiro atoms. The first-order valence-corrected chi connectivity index (χ1v) is 4.00. The smallest absolute Gasteiger partial charge is 0 e. The van der Waals surface area contributed by atoms with E-state index < -0.39 is 0 Å². The van der Waals surface area contributed by atoms with Crippen LogP contribution in [0.1, 0.15) is 0 Å². The minimum absolute atomic E-state index is 0. The molecule has 0 atom stereocenters. The zero-order chi connectivity index (χ0) is 7.52. The van der Waals surface area contributed by atoms with Crippen LogP contribution in [0, 0.1) is 18.3 Å². The second-order valence-corrected chi connectivity index (χ2v) is 2.89. The Balaban J connectivity index is 0.000000720. The van der Waals surface area contributed by atoms with Crippen molar-refractivity contribution >= 4 is 0 Å². The fourth-order valence-electron chi connectivity index (χ4n) is 1.41. The van der Waals surface area contributed by atoms with Gasteiger partial charge in [0.05, 0.1) is 0 Å². The Morgan fingerprint density at radius 2 is 1.00 bits per heavy atom. The fourth-order valence-corrected chi connectivity index (χ4v) is 1.41. The van der Waals surface area contributed by atoms with E-state index in [0.717, 1.165) is 0 Å². The second kappa shape index (κ2) is 4.64. The molecular weight excluding hydrogens is 180 g/mol. The first kappa shape index (κ1) is 9.76. The van der Waals surface area contributed by atoms with Crippen molar-refractivity contribution in [3.63, 3.8) is 0 Å². The van der Waals surface area contributed by atoms with Crippen molar-refractivity contribution in [2.75, 3.05) is 0 Å². The Morgan fingerprint density at radius 1 is 0.667 bits per heavy atom. The van der Waals surface area contributed by atoms with Gasteiger partial charge in [0.2, 0.25) is 0 Å². The molecule has 0 aromatic rings. The van der Waals surface area contributed by atoms with E-state index in [1.54, 1.807) is 0 Å². The van der Waals surface area contributed by atoms with Gasteiger partial charge in [0.25, 0.3) is 0 Å². The first-order chi connectivity index (χ1) is 5.45. The molecule has 0 fully saturated rings. The van der Waals surface area contributed by atoms with Crippen molar-refractivity contribution in [1.29, 1.82) is 0 Å². The van der Waals surface area contributed by atoms with Gasteiger partial charge in [0.1, 0.15) is 0 Å². The number of hydrogen-bond acceptors (Lipinski definition) is 0. The van der Waals surface area contributed by atoms with Gasteiger partial charge in [-0.1, -0.05) is 24.3 Å². The van der Waals surface area contributed by atoms with Gasteiger partial charge in [-0.15, -0.1) is 36.1 Å². The molecule has 0 saturated heterocycles. The Hall–Kier alpha value is -0.326. The third kappa shape index (κ3) is 2.33.